The zero-order valence-electron chi connectivity index (χ0n) is 26.3. The van der Waals surface area contributed by atoms with Crippen LogP contribution in [0, 0.1) is 11.8 Å². The maximum absolute atomic E-state index is 14.1. The van der Waals surface area contributed by atoms with Crippen LogP contribution in [0.25, 0.3) is 22.5 Å². The number of likely N-dealkylation sites (N-methyl/N-ethyl adjacent to an activating group) is 1. The van der Waals surface area contributed by atoms with E-state index in [4.69, 9.17) is 11.5 Å². The number of rotatable bonds is 9. The minimum absolute atomic E-state index is 0.217. The highest BCUT2D eigenvalue weighted by Gasteiger charge is 2.35. The second-order valence-electron chi connectivity index (χ2n) is 12.5. The average Bonchev–Trinajstić information content (AvgIpc) is 3.64. The second kappa shape index (κ2) is 14.3. The van der Waals surface area contributed by atoms with E-state index in [1.165, 1.54) is 4.90 Å². The van der Waals surface area contributed by atoms with Gasteiger partial charge in [0.05, 0.1) is 11.7 Å². The lowest BCUT2D eigenvalue weighted by Gasteiger charge is -2.33. The minimum atomic E-state index is -0.921. The van der Waals surface area contributed by atoms with Gasteiger partial charge in [0.15, 0.2) is 0 Å². The lowest BCUT2D eigenvalue weighted by Crippen LogP contribution is -2.50. The van der Waals surface area contributed by atoms with Crippen LogP contribution >= 0.6 is 0 Å². The van der Waals surface area contributed by atoms with Crippen LogP contribution in [0.2, 0.25) is 0 Å². The van der Waals surface area contributed by atoms with E-state index in [0.717, 1.165) is 61.5 Å². The van der Waals surface area contributed by atoms with Crippen LogP contribution < -0.4 is 21.3 Å². The Bertz CT molecular complexity index is 1610. The standard InChI is InChI=1S/C34H42N10O2/c1-42-15-17-43(18-16-42)31-21-28(13-14-37-31)27-4-2-3-24(19-27)20-30(36)34(46)44(33(45)26-7-5-23(22-35)6-8-26)29-11-9-25(10-12-29)32-38-40-41-39-32/h2-4,9-14,19,21,23,26,30H,5-8,15-18,20,22,35-36H2,1H3,(H,38,39,40,41)/t23?,26?,30-/m0/s1. The quantitative estimate of drug-likeness (QED) is 0.253. The van der Waals surface area contributed by atoms with Crippen LogP contribution in [0.3, 0.4) is 0 Å². The highest BCUT2D eigenvalue weighted by Crippen LogP contribution is 2.32. The summed E-state index contributed by atoms with van der Waals surface area (Å²) in [5.74, 6) is 0.894. The molecule has 1 aliphatic heterocycles. The number of hydrogen-bond donors (Lipinski definition) is 3. The number of tetrazole rings is 1. The highest BCUT2D eigenvalue weighted by molar-refractivity contribution is 6.17. The highest BCUT2D eigenvalue weighted by atomic mass is 16.2. The summed E-state index contributed by atoms with van der Waals surface area (Å²) in [6.45, 7) is 4.50. The number of imide groups is 1. The molecule has 1 saturated carbocycles. The van der Waals surface area contributed by atoms with Crippen molar-refractivity contribution >= 4 is 23.3 Å². The monoisotopic (exact) mass is 622 g/mol. The Kier molecular flexibility index (Phi) is 9.76. The van der Waals surface area contributed by atoms with E-state index < -0.39 is 11.9 Å². The predicted octanol–water partition coefficient (Wildman–Crippen LogP) is 2.88. The maximum atomic E-state index is 14.1. The van der Waals surface area contributed by atoms with E-state index in [1.54, 1.807) is 24.3 Å². The summed E-state index contributed by atoms with van der Waals surface area (Å²) in [5, 5.41) is 14.1. The van der Waals surface area contributed by atoms with Gasteiger partial charge in [-0.2, -0.15) is 5.21 Å². The Labute approximate surface area is 269 Å². The summed E-state index contributed by atoms with van der Waals surface area (Å²) >= 11 is 0. The number of carbonyl (C=O) groups is 2. The number of nitrogens with two attached hydrogens (primary N) is 2. The van der Waals surface area contributed by atoms with Gasteiger partial charge in [-0.1, -0.05) is 24.3 Å². The number of nitrogens with one attached hydrogen (secondary N) is 1. The number of piperazine rings is 1. The molecule has 1 atom stereocenters. The van der Waals surface area contributed by atoms with Gasteiger partial charge in [-0.15, -0.1) is 10.2 Å². The molecule has 2 aromatic heterocycles. The first-order valence-corrected chi connectivity index (χ1v) is 16.1. The topological polar surface area (TPSA) is 163 Å². The molecule has 2 amide bonds. The number of carbonyl (C=O) groups excluding carboxylic acids is 2. The fourth-order valence-electron chi connectivity index (χ4n) is 6.43. The summed E-state index contributed by atoms with van der Waals surface area (Å²) in [4.78, 5) is 38.6. The van der Waals surface area contributed by atoms with Crippen molar-refractivity contribution in [3.05, 3.63) is 72.4 Å². The Hall–Kier alpha value is -4.52. The summed E-state index contributed by atoms with van der Waals surface area (Å²) in [6, 6.07) is 18.3. The Morgan fingerprint density at radius 3 is 2.39 bits per heavy atom. The molecule has 2 aliphatic rings. The largest absolute Gasteiger partial charge is 0.354 e. The van der Waals surface area contributed by atoms with Crippen LogP contribution in [-0.2, 0) is 16.0 Å². The molecule has 12 heteroatoms. The molecule has 2 aromatic carbocycles. The number of aromatic nitrogens is 5. The minimum Gasteiger partial charge on any atom is -0.354 e. The molecule has 2 fully saturated rings. The van der Waals surface area contributed by atoms with Crippen molar-refractivity contribution in [2.45, 2.75) is 38.1 Å². The van der Waals surface area contributed by atoms with E-state index in [1.807, 2.05) is 24.4 Å². The molecule has 0 bridgehead atoms. The molecule has 240 valence electrons. The fourth-order valence-corrected chi connectivity index (χ4v) is 6.43. The first kappa shape index (κ1) is 31.5. The van der Waals surface area contributed by atoms with Crippen molar-refractivity contribution in [1.82, 2.24) is 30.5 Å². The molecular formula is C34H42N10O2. The molecule has 0 spiro atoms. The fraction of sp³-hybridized carbons (Fsp3) is 0.412. The van der Waals surface area contributed by atoms with Gasteiger partial charge in [0.25, 0.3) is 5.91 Å². The number of H-pyrrole nitrogens is 1. The van der Waals surface area contributed by atoms with E-state index in [0.29, 0.717) is 42.4 Å². The molecule has 0 unspecified atom stereocenters. The lowest BCUT2D eigenvalue weighted by molar-refractivity contribution is -0.130. The molecule has 6 rings (SSSR count). The smallest absolute Gasteiger partial charge is 0.251 e. The molecule has 3 heterocycles. The Morgan fingerprint density at radius 1 is 0.957 bits per heavy atom. The van der Waals surface area contributed by atoms with E-state index in [2.05, 4.69) is 60.7 Å². The summed E-state index contributed by atoms with van der Waals surface area (Å²) in [6.07, 6.45) is 5.27. The number of benzene rings is 2. The van der Waals surface area contributed by atoms with Crippen LogP contribution in [0.4, 0.5) is 11.5 Å². The van der Waals surface area contributed by atoms with Crippen molar-refractivity contribution in [2.24, 2.45) is 23.3 Å². The zero-order chi connectivity index (χ0) is 32.0. The van der Waals surface area contributed by atoms with Crippen LogP contribution in [-0.4, -0.2) is 88.1 Å². The van der Waals surface area contributed by atoms with Gasteiger partial charge in [-0.25, -0.2) is 9.88 Å². The molecule has 0 radical (unpaired) electrons. The van der Waals surface area contributed by atoms with Crippen LogP contribution in [0.1, 0.15) is 31.2 Å². The number of anilines is 2. The number of amides is 2. The number of hydrogen-bond acceptors (Lipinski definition) is 10. The molecule has 5 N–H and O–H groups in total. The van der Waals surface area contributed by atoms with Crippen molar-refractivity contribution < 1.29 is 9.59 Å². The third-order valence-corrected chi connectivity index (χ3v) is 9.31. The third-order valence-electron chi connectivity index (χ3n) is 9.31. The Balaban J connectivity index is 1.21. The molecule has 4 aromatic rings. The lowest BCUT2D eigenvalue weighted by atomic mass is 9.81. The summed E-state index contributed by atoms with van der Waals surface area (Å²) in [5.41, 5.74) is 16.7. The molecule has 1 saturated heterocycles. The van der Waals surface area contributed by atoms with Gasteiger partial charge >= 0.3 is 0 Å². The first-order valence-electron chi connectivity index (χ1n) is 16.1. The predicted molar refractivity (Wildman–Crippen MR) is 178 cm³/mol. The maximum Gasteiger partial charge on any atom is 0.251 e. The van der Waals surface area contributed by atoms with Crippen molar-refractivity contribution in [3.8, 4) is 22.5 Å². The molecular weight excluding hydrogens is 580 g/mol. The van der Waals surface area contributed by atoms with Gasteiger partial charge in [0.2, 0.25) is 11.7 Å². The van der Waals surface area contributed by atoms with Crippen molar-refractivity contribution in [1.29, 1.82) is 0 Å². The Morgan fingerprint density at radius 2 is 1.70 bits per heavy atom. The number of aromatic amines is 1. The van der Waals surface area contributed by atoms with Crippen molar-refractivity contribution in [3.63, 3.8) is 0 Å². The zero-order valence-corrected chi connectivity index (χ0v) is 26.3. The average molecular weight is 623 g/mol. The van der Waals surface area contributed by atoms with Gasteiger partial charge in [-0.05, 0) is 110 Å². The van der Waals surface area contributed by atoms with E-state index >= 15 is 0 Å². The number of nitrogens with zero attached hydrogens (tertiary/aromatic N) is 7. The second-order valence-corrected chi connectivity index (χ2v) is 12.5. The molecule has 1 aliphatic carbocycles. The third kappa shape index (κ3) is 7.14. The van der Waals surface area contributed by atoms with Gasteiger partial charge < -0.3 is 21.3 Å². The van der Waals surface area contributed by atoms with Crippen LogP contribution in [0.15, 0.2) is 66.9 Å². The van der Waals surface area contributed by atoms with E-state index in [9.17, 15) is 9.59 Å². The SMILES string of the molecule is CN1CCN(c2cc(-c3cccc(C[C@H](N)C(=O)N(C(=O)C4CCC(CN)CC4)c4ccc(-c5nn[nH]n5)cc4)c3)ccn2)CC1. The van der Waals surface area contributed by atoms with Gasteiger partial charge in [0, 0.05) is 43.9 Å². The number of pyridine rings is 1. The molecule has 12 nitrogen and oxygen atoms in total. The first-order chi connectivity index (χ1) is 22.4. The summed E-state index contributed by atoms with van der Waals surface area (Å²) in [7, 11) is 2.14. The van der Waals surface area contributed by atoms with Crippen LogP contribution in [0.5, 0.6) is 0 Å². The van der Waals surface area contributed by atoms with Gasteiger partial charge in [0.1, 0.15) is 5.82 Å². The van der Waals surface area contributed by atoms with Crippen molar-refractivity contribution in [2.75, 3.05) is 49.6 Å². The molecule has 46 heavy (non-hydrogen) atoms. The van der Waals surface area contributed by atoms with Gasteiger partial charge in [-0.3, -0.25) is 9.59 Å². The normalized spacial score (nSPS) is 19.5. The summed E-state index contributed by atoms with van der Waals surface area (Å²) < 4.78 is 0. The van der Waals surface area contributed by atoms with E-state index in [-0.39, 0.29) is 18.2 Å².